The molecule has 0 aliphatic carbocycles. The first-order valence-corrected chi connectivity index (χ1v) is 16.2. The predicted octanol–water partition coefficient (Wildman–Crippen LogP) is 5.77. The molecule has 0 bridgehead atoms. The molecule has 13 heteroatoms. The summed E-state index contributed by atoms with van der Waals surface area (Å²) in [6.07, 6.45) is 5.45. The SMILES string of the molecule is COC(=O)C(Cc1ccccc1)NC(=O)N1CCN(c2ccc(OC)cc2)CC1.Clc1ccc(C2OCCO2)c(Cl)c1.Cn1ccnc1. The monoisotopic (exact) mass is 697 g/mol. The van der Waals surface area contributed by atoms with Crippen LogP contribution >= 0.6 is 23.2 Å². The average Bonchev–Trinajstić information content (AvgIpc) is 3.83. The van der Waals surface area contributed by atoms with Crippen LogP contribution in [0.1, 0.15) is 17.4 Å². The number of carbonyl (C=O) groups excluding carboxylic acids is 2. The Morgan fingerprint density at radius 3 is 2.19 bits per heavy atom. The molecule has 3 heterocycles. The third-order valence-corrected chi connectivity index (χ3v) is 8.11. The average molecular weight is 699 g/mol. The molecule has 2 fully saturated rings. The molecular weight excluding hydrogens is 657 g/mol. The Morgan fingerprint density at radius 2 is 1.65 bits per heavy atom. The fourth-order valence-electron chi connectivity index (χ4n) is 4.94. The highest BCUT2D eigenvalue weighted by molar-refractivity contribution is 6.35. The lowest BCUT2D eigenvalue weighted by Crippen LogP contribution is -2.55. The maximum atomic E-state index is 12.7. The van der Waals surface area contributed by atoms with Crippen LogP contribution in [0.25, 0.3) is 0 Å². The zero-order valence-corrected chi connectivity index (χ0v) is 28.8. The Kier molecular flexibility index (Phi) is 14.4. The van der Waals surface area contributed by atoms with Crippen LogP contribution in [0.15, 0.2) is 91.5 Å². The van der Waals surface area contributed by atoms with Gasteiger partial charge < -0.3 is 38.6 Å². The molecule has 2 saturated heterocycles. The van der Waals surface area contributed by atoms with Crippen LogP contribution in [-0.4, -0.2) is 86.1 Å². The minimum absolute atomic E-state index is 0.245. The van der Waals surface area contributed by atoms with Gasteiger partial charge in [0.25, 0.3) is 0 Å². The molecule has 48 heavy (non-hydrogen) atoms. The fraction of sp³-hybridized carbons (Fsp3) is 0.343. The number of imidazole rings is 1. The number of piperazine rings is 1. The predicted molar refractivity (Wildman–Crippen MR) is 186 cm³/mol. The van der Waals surface area contributed by atoms with Crippen molar-refractivity contribution in [2.75, 3.05) is 58.5 Å². The fourth-order valence-corrected chi connectivity index (χ4v) is 5.44. The number of nitrogens with zero attached hydrogens (tertiary/aromatic N) is 4. The summed E-state index contributed by atoms with van der Waals surface area (Å²) in [5.41, 5.74) is 2.90. The molecule has 2 amide bonds. The van der Waals surface area contributed by atoms with E-state index in [0.29, 0.717) is 42.8 Å². The number of benzene rings is 3. The molecule has 6 rings (SSSR count). The number of esters is 1. The summed E-state index contributed by atoms with van der Waals surface area (Å²) in [6, 6.07) is 21.8. The van der Waals surface area contributed by atoms with Crippen molar-refractivity contribution in [3.8, 4) is 5.75 Å². The smallest absolute Gasteiger partial charge is 0.328 e. The highest BCUT2D eigenvalue weighted by atomic mass is 35.5. The molecule has 0 saturated carbocycles. The molecule has 0 spiro atoms. The maximum absolute atomic E-state index is 12.7. The number of ether oxygens (including phenoxy) is 4. The van der Waals surface area contributed by atoms with Gasteiger partial charge in [-0.2, -0.15) is 0 Å². The number of urea groups is 1. The molecule has 1 N–H and O–H groups in total. The standard InChI is InChI=1S/C22H27N3O4.C9H8Cl2O2.C4H6N2/c1-28-19-10-8-18(9-11-19)24-12-14-25(15-13-24)22(27)23-20(21(26)29-2)16-17-6-4-3-5-7-17;10-6-1-2-7(8(11)5-6)9-12-3-4-13-9;1-6-3-2-5-4-6/h3-11,20H,12-16H2,1-2H3,(H,23,27);1-2,5,9H,3-4H2;2-4H,1H3. The van der Waals surface area contributed by atoms with E-state index in [1.165, 1.54) is 7.11 Å². The molecule has 11 nitrogen and oxygen atoms in total. The first kappa shape index (κ1) is 36.5. The van der Waals surface area contributed by atoms with E-state index < -0.39 is 12.0 Å². The third-order valence-electron chi connectivity index (χ3n) is 7.55. The largest absolute Gasteiger partial charge is 0.497 e. The molecule has 1 aromatic heterocycles. The second-order valence-corrected chi connectivity index (χ2v) is 11.7. The van der Waals surface area contributed by atoms with E-state index in [-0.39, 0.29) is 12.3 Å². The van der Waals surface area contributed by atoms with Gasteiger partial charge in [-0.05, 0) is 42.0 Å². The zero-order valence-electron chi connectivity index (χ0n) is 27.3. The van der Waals surface area contributed by atoms with Gasteiger partial charge in [-0.25, -0.2) is 14.6 Å². The number of rotatable bonds is 7. The number of amides is 2. The lowest BCUT2D eigenvalue weighted by Gasteiger charge is -2.36. The van der Waals surface area contributed by atoms with Crippen LogP contribution in [0.2, 0.25) is 10.0 Å². The number of halogens is 2. The van der Waals surface area contributed by atoms with E-state index in [0.717, 1.165) is 35.7 Å². The molecular formula is C35H41Cl2N5O6. The molecule has 1 atom stereocenters. The molecule has 3 aromatic carbocycles. The summed E-state index contributed by atoms with van der Waals surface area (Å²) in [5, 5.41) is 4.03. The molecule has 256 valence electrons. The summed E-state index contributed by atoms with van der Waals surface area (Å²) < 4.78 is 22.6. The Balaban J connectivity index is 0.000000222. The van der Waals surface area contributed by atoms with Crippen LogP contribution in [0.3, 0.4) is 0 Å². The first-order valence-electron chi connectivity index (χ1n) is 15.4. The number of aromatic nitrogens is 2. The Hall–Kier alpha value is -4.29. The zero-order chi connectivity index (χ0) is 34.3. The van der Waals surface area contributed by atoms with E-state index in [1.807, 2.05) is 78.5 Å². The van der Waals surface area contributed by atoms with E-state index in [2.05, 4.69) is 15.2 Å². The van der Waals surface area contributed by atoms with Gasteiger partial charge >= 0.3 is 12.0 Å². The number of hydrogen-bond acceptors (Lipinski definition) is 8. The third kappa shape index (κ3) is 11.2. The minimum Gasteiger partial charge on any atom is -0.497 e. The van der Waals surface area contributed by atoms with Gasteiger partial charge in [-0.3, -0.25) is 0 Å². The Morgan fingerprint density at radius 1 is 0.958 bits per heavy atom. The van der Waals surface area contributed by atoms with Gasteiger partial charge in [0.2, 0.25) is 0 Å². The highest BCUT2D eigenvalue weighted by Crippen LogP contribution is 2.31. The van der Waals surface area contributed by atoms with Gasteiger partial charge in [0.15, 0.2) is 6.29 Å². The second-order valence-electron chi connectivity index (χ2n) is 10.9. The highest BCUT2D eigenvalue weighted by Gasteiger charge is 2.27. The van der Waals surface area contributed by atoms with Crippen molar-refractivity contribution in [1.82, 2.24) is 19.8 Å². The Labute approximate surface area is 291 Å². The van der Waals surface area contributed by atoms with Crippen LogP contribution in [-0.2, 0) is 32.5 Å². The van der Waals surface area contributed by atoms with E-state index in [9.17, 15) is 9.59 Å². The van der Waals surface area contributed by atoms with Crippen molar-refractivity contribution in [2.24, 2.45) is 7.05 Å². The van der Waals surface area contributed by atoms with Gasteiger partial charge in [0.05, 0.1) is 38.8 Å². The maximum Gasteiger partial charge on any atom is 0.328 e. The first-order chi connectivity index (χ1) is 23.3. The summed E-state index contributed by atoms with van der Waals surface area (Å²) in [7, 11) is 4.92. The van der Waals surface area contributed by atoms with Gasteiger partial charge in [-0.1, -0.05) is 59.6 Å². The van der Waals surface area contributed by atoms with Crippen LogP contribution in [0.5, 0.6) is 5.75 Å². The number of anilines is 1. The van der Waals surface area contributed by atoms with Crippen LogP contribution < -0.4 is 15.0 Å². The quantitative estimate of drug-likeness (QED) is 0.243. The summed E-state index contributed by atoms with van der Waals surface area (Å²) in [6.45, 7) is 3.84. The molecule has 4 aromatic rings. The number of methoxy groups -OCH3 is 2. The summed E-state index contributed by atoms with van der Waals surface area (Å²) >= 11 is 11.7. The van der Waals surface area contributed by atoms with E-state index in [1.54, 1.807) is 36.7 Å². The summed E-state index contributed by atoms with van der Waals surface area (Å²) in [4.78, 5) is 32.6. The summed E-state index contributed by atoms with van der Waals surface area (Å²) in [5.74, 6) is 0.373. The van der Waals surface area contributed by atoms with E-state index in [4.69, 9.17) is 42.1 Å². The molecule has 2 aliphatic heterocycles. The van der Waals surface area contributed by atoms with E-state index >= 15 is 0 Å². The number of hydrogen-bond donors (Lipinski definition) is 1. The molecule has 1 unspecified atom stereocenters. The van der Waals surface area contributed by atoms with Crippen LogP contribution in [0, 0.1) is 0 Å². The number of aryl methyl sites for hydroxylation is 1. The van der Waals surface area contributed by atoms with Crippen molar-refractivity contribution in [2.45, 2.75) is 18.8 Å². The number of carbonyl (C=O) groups is 2. The Bertz CT molecular complexity index is 1550. The lowest BCUT2D eigenvalue weighted by molar-refractivity contribution is -0.142. The van der Waals surface area contributed by atoms with Gasteiger partial charge in [0.1, 0.15) is 11.8 Å². The van der Waals surface area contributed by atoms with Crippen molar-refractivity contribution in [1.29, 1.82) is 0 Å². The number of nitrogens with one attached hydrogen (secondary N) is 1. The topological polar surface area (TPSA) is 107 Å². The molecule has 2 aliphatic rings. The van der Waals surface area contributed by atoms with Crippen molar-refractivity contribution < 1.29 is 28.5 Å². The molecule has 0 radical (unpaired) electrons. The second kappa shape index (κ2) is 18.9. The van der Waals surface area contributed by atoms with Crippen molar-refractivity contribution in [3.05, 3.63) is 113 Å². The minimum atomic E-state index is -0.713. The van der Waals surface area contributed by atoms with Crippen molar-refractivity contribution in [3.63, 3.8) is 0 Å². The van der Waals surface area contributed by atoms with Gasteiger partial charge in [-0.15, -0.1) is 0 Å². The lowest BCUT2D eigenvalue weighted by atomic mass is 10.1. The van der Waals surface area contributed by atoms with Crippen molar-refractivity contribution >= 4 is 40.9 Å². The van der Waals surface area contributed by atoms with Crippen LogP contribution in [0.4, 0.5) is 10.5 Å². The normalized spacial score (nSPS) is 14.9. The van der Waals surface area contributed by atoms with Gasteiger partial charge in [0, 0.05) is 68.3 Å².